The molecule has 0 fully saturated rings. The SMILES string of the molecule is Cc1ccccc1CNC(=O)COC(=O)c1c(C)nc2ccccc2c1C. The minimum atomic E-state index is -0.533. The molecular formula is C22H22N2O3. The zero-order chi connectivity index (χ0) is 19.4. The molecule has 138 valence electrons. The van der Waals surface area contributed by atoms with Gasteiger partial charge in [-0.1, -0.05) is 42.5 Å². The number of benzene rings is 2. The minimum Gasteiger partial charge on any atom is -0.452 e. The van der Waals surface area contributed by atoms with Crippen LogP contribution < -0.4 is 5.32 Å². The molecule has 5 heteroatoms. The Kier molecular flexibility index (Phi) is 5.50. The van der Waals surface area contributed by atoms with Gasteiger partial charge < -0.3 is 10.1 Å². The molecule has 3 rings (SSSR count). The van der Waals surface area contributed by atoms with Gasteiger partial charge >= 0.3 is 5.97 Å². The zero-order valence-corrected chi connectivity index (χ0v) is 15.7. The molecule has 0 bridgehead atoms. The summed E-state index contributed by atoms with van der Waals surface area (Å²) in [5.41, 5.74) is 4.78. The second-order valence-corrected chi connectivity index (χ2v) is 6.49. The standard InChI is InChI=1S/C22H22N2O3/c1-14-8-4-5-9-17(14)12-23-20(25)13-27-22(26)21-15(2)18-10-6-7-11-19(18)24-16(21)3/h4-11H,12-13H2,1-3H3,(H,23,25). The summed E-state index contributed by atoms with van der Waals surface area (Å²) in [6.45, 7) is 5.70. The summed E-state index contributed by atoms with van der Waals surface area (Å²) in [6.07, 6.45) is 0. The van der Waals surface area contributed by atoms with Crippen molar-refractivity contribution in [2.75, 3.05) is 6.61 Å². The number of ether oxygens (including phenoxy) is 1. The Morgan fingerprint density at radius 2 is 1.70 bits per heavy atom. The normalized spacial score (nSPS) is 10.6. The average Bonchev–Trinajstić information content (AvgIpc) is 2.65. The fourth-order valence-electron chi connectivity index (χ4n) is 3.09. The number of para-hydroxylation sites is 1. The van der Waals surface area contributed by atoms with Crippen LogP contribution in [0.5, 0.6) is 0 Å². The van der Waals surface area contributed by atoms with Gasteiger partial charge in [0.1, 0.15) is 0 Å². The van der Waals surface area contributed by atoms with Gasteiger partial charge in [-0.3, -0.25) is 9.78 Å². The third kappa shape index (κ3) is 4.14. The van der Waals surface area contributed by atoms with Crippen molar-refractivity contribution in [3.05, 3.63) is 76.5 Å². The van der Waals surface area contributed by atoms with Crippen LogP contribution in [0.1, 0.15) is 32.7 Å². The Morgan fingerprint density at radius 3 is 2.48 bits per heavy atom. The van der Waals surface area contributed by atoms with E-state index >= 15 is 0 Å². The lowest BCUT2D eigenvalue weighted by Crippen LogP contribution is -2.29. The van der Waals surface area contributed by atoms with E-state index in [-0.39, 0.29) is 12.5 Å². The summed E-state index contributed by atoms with van der Waals surface area (Å²) in [5.74, 6) is -0.870. The van der Waals surface area contributed by atoms with Crippen LogP contribution in [0.4, 0.5) is 0 Å². The van der Waals surface area contributed by atoms with Gasteiger partial charge in [0.15, 0.2) is 6.61 Å². The number of nitrogens with zero attached hydrogens (tertiary/aromatic N) is 1. The van der Waals surface area contributed by atoms with Crippen LogP contribution in [0.2, 0.25) is 0 Å². The summed E-state index contributed by atoms with van der Waals surface area (Å²) < 4.78 is 5.23. The molecule has 0 unspecified atom stereocenters. The van der Waals surface area contributed by atoms with Gasteiger partial charge in [0.25, 0.3) is 5.91 Å². The second-order valence-electron chi connectivity index (χ2n) is 6.49. The van der Waals surface area contributed by atoms with Crippen LogP contribution in [0.3, 0.4) is 0 Å². The van der Waals surface area contributed by atoms with Gasteiger partial charge in [-0.25, -0.2) is 4.79 Å². The Balaban J connectivity index is 1.65. The number of nitrogens with one attached hydrogen (secondary N) is 1. The quantitative estimate of drug-likeness (QED) is 0.704. The lowest BCUT2D eigenvalue weighted by Gasteiger charge is -2.12. The molecule has 0 saturated heterocycles. The largest absolute Gasteiger partial charge is 0.452 e. The first-order chi connectivity index (χ1) is 13.0. The van der Waals surface area contributed by atoms with Gasteiger partial charge in [0.05, 0.1) is 16.8 Å². The molecule has 1 aromatic heterocycles. The van der Waals surface area contributed by atoms with Gasteiger partial charge in [-0.15, -0.1) is 0 Å². The van der Waals surface area contributed by atoms with E-state index in [0.29, 0.717) is 17.8 Å². The molecular weight excluding hydrogens is 340 g/mol. The number of hydrogen-bond donors (Lipinski definition) is 1. The highest BCUT2D eigenvalue weighted by molar-refractivity contribution is 5.99. The second kappa shape index (κ2) is 7.99. The topological polar surface area (TPSA) is 68.3 Å². The van der Waals surface area contributed by atoms with Gasteiger partial charge in [0, 0.05) is 11.9 Å². The molecule has 0 atom stereocenters. The average molecular weight is 362 g/mol. The van der Waals surface area contributed by atoms with E-state index in [1.165, 1.54) is 0 Å². The highest BCUT2D eigenvalue weighted by Crippen LogP contribution is 2.23. The molecule has 3 aromatic rings. The molecule has 0 aliphatic carbocycles. The predicted octanol–water partition coefficient (Wildman–Crippen LogP) is 3.63. The highest BCUT2D eigenvalue weighted by atomic mass is 16.5. The molecule has 0 radical (unpaired) electrons. The molecule has 2 aromatic carbocycles. The molecule has 1 amide bonds. The third-order valence-corrected chi connectivity index (χ3v) is 4.61. The molecule has 0 aliphatic rings. The van der Waals surface area contributed by atoms with Crippen molar-refractivity contribution in [1.29, 1.82) is 0 Å². The predicted molar refractivity (Wildman–Crippen MR) is 105 cm³/mol. The molecule has 1 heterocycles. The van der Waals surface area contributed by atoms with E-state index in [9.17, 15) is 9.59 Å². The molecule has 0 saturated carbocycles. The first-order valence-electron chi connectivity index (χ1n) is 8.81. The number of hydrogen-bond acceptors (Lipinski definition) is 4. The summed E-state index contributed by atoms with van der Waals surface area (Å²) in [5, 5.41) is 3.68. The maximum atomic E-state index is 12.5. The Hall–Kier alpha value is -3.21. The van der Waals surface area contributed by atoms with Crippen molar-refractivity contribution in [2.45, 2.75) is 27.3 Å². The van der Waals surface area contributed by atoms with Crippen LogP contribution >= 0.6 is 0 Å². The smallest absolute Gasteiger partial charge is 0.340 e. The van der Waals surface area contributed by atoms with Crippen molar-refractivity contribution in [3.63, 3.8) is 0 Å². The van der Waals surface area contributed by atoms with Crippen molar-refractivity contribution in [3.8, 4) is 0 Å². The zero-order valence-electron chi connectivity index (χ0n) is 15.7. The van der Waals surface area contributed by atoms with Crippen molar-refractivity contribution in [2.24, 2.45) is 0 Å². The van der Waals surface area contributed by atoms with Crippen molar-refractivity contribution in [1.82, 2.24) is 10.3 Å². The number of carbonyl (C=O) groups excluding carboxylic acids is 2. The Labute approximate surface area is 158 Å². The fraction of sp³-hybridized carbons (Fsp3) is 0.227. The lowest BCUT2D eigenvalue weighted by molar-refractivity contribution is -0.124. The van der Waals surface area contributed by atoms with Gasteiger partial charge in [-0.05, 0) is 43.5 Å². The minimum absolute atomic E-state index is 0.323. The summed E-state index contributed by atoms with van der Waals surface area (Å²) in [6, 6.07) is 15.4. The summed E-state index contributed by atoms with van der Waals surface area (Å²) in [4.78, 5) is 29.0. The van der Waals surface area contributed by atoms with E-state index in [1.807, 2.05) is 62.4 Å². The molecule has 27 heavy (non-hydrogen) atoms. The summed E-state index contributed by atoms with van der Waals surface area (Å²) >= 11 is 0. The van der Waals surface area contributed by atoms with Crippen LogP contribution in [-0.4, -0.2) is 23.5 Å². The number of pyridine rings is 1. The summed E-state index contributed by atoms with van der Waals surface area (Å²) in [7, 11) is 0. The van der Waals surface area contributed by atoms with Gasteiger partial charge in [0.2, 0.25) is 0 Å². The number of aromatic nitrogens is 1. The molecule has 5 nitrogen and oxygen atoms in total. The first-order valence-corrected chi connectivity index (χ1v) is 8.81. The molecule has 0 spiro atoms. The monoisotopic (exact) mass is 362 g/mol. The maximum Gasteiger partial charge on any atom is 0.340 e. The molecule has 1 N–H and O–H groups in total. The Morgan fingerprint density at radius 1 is 1.00 bits per heavy atom. The first kappa shape index (κ1) is 18.6. The number of carbonyl (C=O) groups is 2. The van der Waals surface area contributed by atoms with Crippen LogP contribution in [0.15, 0.2) is 48.5 Å². The highest BCUT2D eigenvalue weighted by Gasteiger charge is 2.18. The Bertz CT molecular complexity index is 1010. The maximum absolute atomic E-state index is 12.5. The number of amides is 1. The van der Waals surface area contributed by atoms with E-state index in [0.717, 1.165) is 27.6 Å². The lowest BCUT2D eigenvalue weighted by atomic mass is 10.0. The van der Waals surface area contributed by atoms with Crippen molar-refractivity contribution < 1.29 is 14.3 Å². The molecule has 0 aliphatic heterocycles. The number of aryl methyl sites for hydroxylation is 3. The van der Waals surface area contributed by atoms with E-state index in [4.69, 9.17) is 4.74 Å². The van der Waals surface area contributed by atoms with Crippen molar-refractivity contribution >= 4 is 22.8 Å². The van der Waals surface area contributed by atoms with E-state index in [1.54, 1.807) is 6.92 Å². The number of rotatable bonds is 5. The van der Waals surface area contributed by atoms with E-state index < -0.39 is 5.97 Å². The van der Waals surface area contributed by atoms with Gasteiger partial charge in [-0.2, -0.15) is 0 Å². The fourth-order valence-corrected chi connectivity index (χ4v) is 3.09. The van der Waals surface area contributed by atoms with Crippen LogP contribution in [0, 0.1) is 20.8 Å². The third-order valence-electron chi connectivity index (χ3n) is 4.61. The van der Waals surface area contributed by atoms with Crippen LogP contribution in [0.25, 0.3) is 10.9 Å². The van der Waals surface area contributed by atoms with E-state index in [2.05, 4.69) is 10.3 Å². The number of fused-ring (bicyclic) bond motifs is 1. The number of esters is 1. The van der Waals surface area contributed by atoms with Crippen LogP contribution in [-0.2, 0) is 16.1 Å².